The highest BCUT2D eigenvalue weighted by molar-refractivity contribution is 5.18. The summed E-state index contributed by atoms with van der Waals surface area (Å²) >= 11 is 0. The van der Waals surface area contributed by atoms with Gasteiger partial charge in [-0.15, -0.1) is 0 Å². The lowest BCUT2D eigenvalue weighted by Gasteiger charge is -2.15. The monoisotopic (exact) mass is 258 g/mol. The van der Waals surface area contributed by atoms with Crippen LogP contribution < -0.4 is 0 Å². The second-order valence-electron chi connectivity index (χ2n) is 4.77. The van der Waals surface area contributed by atoms with E-state index in [-0.39, 0.29) is 4.92 Å². The first-order valence-electron chi connectivity index (χ1n) is 6.32. The quantitative estimate of drug-likeness (QED) is 0.617. The van der Waals surface area contributed by atoms with Gasteiger partial charge in [0.25, 0.3) is 0 Å². The van der Waals surface area contributed by atoms with E-state index in [4.69, 9.17) is 0 Å². The Kier molecular flexibility index (Phi) is 2.98. The van der Waals surface area contributed by atoms with Gasteiger partial charge >= 0.3 is 0 Å². The third kappa shape index (κ3) is 2.47. The van der Waals surface area contributed by atoms with Crippen molar-refractivity contribution in [1.29, 1.82) is 0 Å². The average molecular weight is 258 g/mol. The van der Waals surface area contributed by atoms with Gasteiger partial charge in [-0.25, -0.2) is 9.67 Å². The summed E-state index contributed by atoms with van der Waals surface area (Å²) in [4.78, 5) is 15.1. The van der Waals surface area contributed by atoms with Gasteiger partial charge in [0.05, 0.1) is 0 Å². The fourth-order valence-corrected chi connectivity index (χ4v) is 2.37. The van der Waals surface area contributed by atoms with Crippen molar-refractivity contribution in [3.05, 3.63) is 57.7 Å². The highest BCUT2D eigenvalue weighted by Gasteiger charge is 2.28. The van der Waals surface area contributed by atoms with E-state index in [0.717, 1.165) is 17.2 Å². The fraction of sp³-hybridized carbons (Fsp3) is 0.385. The maximum atomic E-state index is 10.8. The summed E-state index contributed by atoms with van der Waals surface area (Å²) in [5.74, 6) is 1.61. The summed E-state index contributed by atoms with van der Waals surface area (Å²) in [5, 5.41) is 15.2. The van der Waals surface area contributed by atoms with Crippen molar-refractivity contribution < 1.29 is 4.92 Å². The molecular weight excluding hydrogens is 244 g/mol. The molecule has 0 radical (unpaired) electrons. The predicted octanol–water partition coefficient (Wildman–Crippen LogP) is 1.46. The Hall–Kier alpha value is -2.24. The summed E-state index contributed by atoms with van der Waals surface area (Å²) < 4.78 is 1.69. The van der Waals surface area contributed by atoms with Crippen LogP contribution >= 0.6 is 0 Å². The molecule has 0 aliphatic carbocycles. The van der Waals surface area contributed by atoms with Crippen LogP contribution in [0.5, 0.6) is 0 Å². The van der Waals surface area contributed by atoms with E-state index in [0.29, 0.717) is 25.8 Å². The largest absolute Gasteiger partial charge is 0.264 e. The zero-order valence-electron chi connectivity index (χ0n) is 10.4. The number of aromatic nitrogens is 3. The predicted molar refractivity (Wildman–Crippen MR) is 68.4 cm³/mol. The Bertz CT molecular complexity index is 594. The van der Waals surface area contributed by atoms with Gasteiger partial charge in [0.15, 0.2) is 5.82 Å². The number of benzene rings is 1. The number of hydrogen-bond acceptors (Lipinski definition) is 4. The molecule has 1 unspecified atom stereocenters. The van der Waals surface area contributed by atoms with E-state index < -0.39 is 6.04 Å². The first-order valence-corrected chi connectivity index (χ1v) is 6.32. The Morgan fingerprint density at radius 2 is 2.16 bits per heavy atom. The topological polar surface area (TPSA) is 73.8 Å². The molecule has 0 saturated heterocycles. The van der Waals surface area contributed by atoms with E-state index in [1.54, 1.807) is 4.68 Å². The van der Waals surface area contributed by atoms with Gasteiger partial charge < -0.3 is 0 Å². The molecule has 2 aromatic rings. The molecule has 0 N–H and O–H groups in total. The van der Waals surface area contributed by atoms with Crippen LogP contribution in [0.2, 0.25) is 0 Å². The number of nitrogens with zero attached hydrogens (tertiary/aromatic N) is 4. The van der Waals surface area contributed by atoms with Crippen LogP contribution in [0.25, 0.3) is 0 Å². The lowest BCUT2D eigenvalue weighted by Crippen LogP contribution is -2.31. The van der Waals surface area contributed by atoms with Crippen molar-refractivity contribution in [2.45, 2.75) is 31.8 Å². The van der Waals surface area contributed by atoms with Gasteiger partial charge in [0.2, 0.25) is 6.04 Å². The molecule has 3 rings (SSSR count). The van der Waals surface area contributed by atoms with Crippen LogP contribution in [0, 0.1) is 10.1 Å². The van der Waals surface area contributed by atoms with Crippen molar-refractivity contribution in [3.63, 3.8) is 0 Å². The first-order chi connectivity index (χ1) is 9.22. The second kappa shape index (κ2) is 4.79. The number of aryl methyl sites for hydroxylation is 1. The number of hydrogen-bond donors (Lipinski definition) is 0. The summed E-state index contributed by atoms with van der Waals surface area (Å²) in [6.45, 7) is 0.337. The maximum Gasteiger partial charge on any atom is 0.232 e. The van der Waals surface area contributed by atoms with Gasteiger partial charge in [-0.05, 0) is 5.56 Å². The molecule has 0 bridgehead atoms. The van der Waals surface area contributed by atoms with Crippen molar-refractivity contribution in [2.75, 3.05) is 0 Å². The molecule has 0 saturated carbocycles. The van der Waals surface area contributed by atoms with Gasteiger partial charge in [-0.3, -0.25) is 10.1 Å². The van der Waals surface area contributed by atoms with Crippen LogP contribution in [0.15, 0.2) is 30.3 Å². The lowest BCUT2D eigenvalue weighted by atomic mass is 10.1. The van der Waals surface area contributed by atoms with Crippen molar-refractivity contribution in [1.82, 2.24) is 14.8 Å². The van der Waals surface area contributed by atoms with Gasteiger partial charge in [0, 0.05) is 24.2 Å². The van der Waals surface area contributed by atoms with Crippen molar-refractivity contribution >= 4 is 0 Å². The molecule has 19 heavy (non-hydrogen) atoms. The van der Waals surface area contributed by atoms with Gasteiger partial charge in [0.1, 0.15) is 12.4 Å². The molecule has 6 heteroatoms. The standard InChI is InChI=1S/C13H14N4O2/c18-17(19)11-6-7-13-14-12(15-16(13)9-11)8-10-4-2-1-3-5-10/h1-5,11H,6-9H2. The van der Waals surface area contributed by atoms with Crippen LogP contribution in [-0.2, 0) is 19.4 Å². The van der Waals surface area contributed by atoms with Crippen LogP contribution in [0.4, 0.5) is 0 Å². The molecule has 1 aromatic carbocycles. The lowest BCUT2D eigenvalue weighted by molar-refractivity contribution is -0.527. The minimum absolute atomic E-state index is 0.221. The summed E-state index contributed by atoms with van der Waals surface area (Å²) in [7, 11) is 0. The third-order valence-electron chi connectivity index (χ3n) is 3.38. The molecule has 1 atom stereocenters. The Balaban J connectivity index is 1.78. The molecule has 0 amide bonds. The van der Waals surface area contributed by atoms with E-state index in [1.165, 1.54) is 0 Å². The highest BCUT2D eigenvalue weighted by atomic mass is 16.6. The normalized spacial score (nSPS) is 18.0. The average Bonchev–Trinajstić information content (AvgIpc) is 2.80. The smallest absolute Gasteiger partial charge is 0.232 e. The van der Waals surface area contributed by atoms with E-state index >= 15 is 0 Å². The van der Waals surface area contributed by atoms with E-state index in [2.05, 4.69) is 10.1 Å². The van der Waals surface area contributed by atoms with Gasteiger partial charge in [-0.1, -0.05) is 30.3 Å². The maximum absolute atomic E-state index is 10.8. The van der Waals surface area contributed by atoms with Crippen molar-refractivity contribution in [2.24, 2.45) is 0 Å². The molecule has 6 nitrogen and oxygen atoms in total. The minimum atomic E-state index is -0.529. The molecule has 98 valence electrons. The Morgan fingerprint density at radius 3 is 2.89 bits per heavy atom. The summed E-state index contributed by atoms with van der Waals surface area (Å²) in [6.07, 6.45) is 1.86. The summed E-state index contributed by atoms with van der Waals surface area (Å²) in [6, 6.07) is 9.46. The van der Waals surface area contributed by atoms with E-state index in [1.807, 2.05) is 30.3 Å². The molecule has 2 heterocycles. The molecule has 0 fully saturated rings. The van der Waals surface area contributed by atoms with Crippen molar-refractivity contribution in [3.8, 4) is 0 Å². The van der Waals surface area contributed by atoms with E-state index in [9.17, 15) is 10.1 Å². The third-order valence-corrected chi connectivity index (χ3v) is 3.38. The summed E-state index contributed by atoms with van der Waals surface area (Å²) in [5.41, 5.74) is 1.15. The Labute approximate surface area is 110 Å². The molecular formula is C13H14N4O2. The zero-order chi connectivity index (χ0) is 13.2. The fourth-order valence-electron chi connectivity index (χ4n) is 2.37. The number of nitro groups is 1. The molecule has 0 spiro atoms. The highest BCUT2D eigenvalue weighted by Crippen LogP contribution is 2.16. The zero-order valence-corrected chi connectivity index (χ0v) is 10.4. The molecule has 1 aliphatic heterocycles. The number of rotatable bonds is 3. The molecule has 1 aromatic heterocycles. The molecule has 1 aliphatic rings. The van der Waals surface area contributed by atoms with Crippen LogP contribution in [0.3, 0.4) is 0 Å². The number of fused-ring (bicyclic) bond motifs is 1. The first kappa shape index (κ1) is 11.8. The SMILES string of the molecule is O=[N+]([O-])C1CCc2nc(Cc3ccccc3)nn2C1. The Morgan fingerprint density at radius 1 is 1.37 bits per heavy atom. The minimum Gasteiger partial charge on any atom is -0.264 e. The van der Waals surface area contributed by atoms with Crippen LogP contribution in [0.1, 0.15) is 23.6 Å². The second-order valence-corrected chi connectivity index (χ2v) is 4.77. The van der Waals surface area contributed by atoms with Crippen LogP contribution in [-0.4, -0.2) is 25.7 Å². The van der Waals surface area contributed by atoms with Gasteiger partial charge in [-0.2, -0.15) is 5.10 Å².